The molecule has 0 radical (unpaired) electrons. The molecule has 1 saturated heterocycles. The van der Waals surface area contributed by atoms with Crippen LogP contribution in [0.25, 0.3) is 16.9 Å². The van der Waals surface area contributed by atoms with Crippen LogP contribution in [0.3, 0.4) is 0 Å². The number of amides is 1. The van der Waals surface area contributed by atoms with Crippen molar-refractivity contribution in [3.63, 3.8) is 0 Å². The Hall–Kier alpha value is -3.39. The number of carbonyl (C=O) groups excluding carboxylic acids is 1. The van der Waals surface area contributed by atoms with Crippen LogP contribution in [-0.4, -0.2) is 63.2 Å². The molecule has 0 saturated carbocycles. The van der Waals surface area contributed by atoms with E-state index in [1.807, 2.05) is 36.7 Å². The van der Waals surface area contributed by atoms with Gasteiger partial charge in [-0.15, -0.1) is 0 Å². The molecule has 8 heteroatoms. The van der Waals surface area contributed by atoms with Crippen LogP contribution >= 0.6 is 11.6 Å². The lowest BCUT2D eigenvalue weighted by molar-refractivity contribution is 0.0925. The summed E-state index contributed by atoms with van der Waals surface area (Å²) in [6, 6.07) is 17.4. The van der Waals surface area contributed by atoms with E-state index in [9.17, 15) is 9.90 Å². The van der Waals surface area contributed by atoms with Crippen LogP contribution in [0, 0.1) is 6.92 Å². The molecule has 1 amide bonds. The molecular weight excluding hydrogens is 512 g/mol. The molecule has 39 heavy (non-hydrogen) atoms. The van der Waals surface area contributed by atoms with Crippen molar-refractivity contribution in [1.82, 2.24) is 19.6 Å². The quantitative estimate of drug-likeness (QED) is 0.303. The number of likely N-dealkylation sites (tertiary alicyclic amines) is 1. The number of aromatic nitrogens is 2. The zero-order chi connectivity index (χ0) is 27.5. The van der Waals surface area contributed by atoms with Gasteiger partial charge < -0.3 is 19.6 Å². The van der Waals surface area contributed by atoms with Gasteiger partial charge in [0.25, 0.3) is 5.91 Å². The van der Waals surface area contributed by atoms with Crippen molar-refractivity contribution in [1.29, 1.82) is 0 Å². The first-order valence-electron chi connectivity index (χ1n) is 13.5. The van der Waals surface area contributed by atoms with Crippen LogP contribution in [-0.2, 0) is 6.42 Å². The number of aryl methyl sites for hydroxylation is 1. The fraction of sp³-hybridized carbons (Fsp3) is 0.355. The fourth-order valence-electron chi connectivity index (χ4n) is 5.10. The molecule has 1 unspecified atom stereocenters. The van der Waals surface area contributed by atoms with Gasteiger partial charge in [-0.1, -0.05) is 41.9 Å². The summed E-state index contributed by atoms with van der Waals surface area (Å²) in [6.07, 6.45) is 5.13. The van der Waals surface area contributed by atoms with Crippen molar-refractivity contribution in [2.75, 3.05) is 19.6 Å². The van der Waals surface area contributed by atoms with Gasteiger partial charge in [0.15, 0.2) is 0 Å². The average molecular weight is 547 g/mol. The predicted octanol–water partition coefficient (Wildman–Crippen LogP) is 5.16. The summed E-state index contributed by atoms with van der Waals surface area (Å²) in [7, 11) is 0. The number of aliphatic hydroxyl groups is 1. The smallest absolute Gasteiger partial charge is 0.251 e. The number of carbonyl (C=O) groups is 1. The number of fused-ring (bicyclic) bond motifs is 1. The molecular formula is C31H35ClN4O3. The number of aliphatic hydroxyl groups excluding tert-OH is 1. The number of ether oxygens (including phenoxy) is 1. The van der Waals surface area contributed by atoms with Gasteiger partial charge in [-0.05, 0) is 69.0 Å². The maximum atomic E-state index is 13.2. The number of nitrogens with one attached hydrogen (secondary N) is 1. The highest BCUT2D eigenvalue weighted by Crippen LogP contribution is 2.27. The minimum atomic E-state index is -0.318. The molecule has 0 aliphatic carbocycles. The van der Waals surface area contributed by atoms with E-state index in [0.29, 0.717) is 35.8 Å². The standard InChI is InChI=1S/C31H35ClN4O3/c1-20(2)39-29-11-10-24(16-27(29)32)31(38)33-25(17-35-14-12-26(37)18-35)15-22-6-8-23(9-7-22)28-19-36-13-4-5-21(3)30(36)34-28/h4-11,13,16,19-20,25-26,37H,12,14-15,17-18H2,1-3H3,(H,33,38)/t25-,26?/m0/s1. The molecule has 2 aromatic heterocycles. The molecule has 1 aliphatic rings. The Labute approximate surface area is 234 Å². The van der Waals surface area contributed by atoms with Gasteiger partial charge in [0, 0.05) is 49.2 Å². The van der Waals surface area contributed by atoms with Gasteiger partial charge in [-0.25, -0.2) is 4.98 Å². The van der Waals surface area contributed by atoms with Gasteiger partial charge in [-0.2, -0.15) is 0 Å². The van der Waals surface area contributed by atoms with Crippen LogP contribution in [0.1, 0.15) is 41.8 Å². The summed E-state index contributed by atoms with van der Waals surface area (Å²) in [5.74, 6) is 0.376. The summed E-state index contributed by atoms with van der Waals surface area (Å²) in [5, 5.41) is 13.6. The van der Waals surface area contributed by atoms with Crippen molar-refractivity contribution < 1.29 is 14.6 Å². The number of rotatable bonds is 9. The van der Waals surface area contributed by atoms with Crippen LogP contribution in [0.15, 0.2) is 67.0 Å². The number of pyridine rings is 1. The molecule has 1 aliphatic heterocycles. The number of nitrogens with zero attached hydrogens (tertiary/aromatic N) is 3. The fourth-order valence-corrected chi connectivity index (χ4v) is 5.33. The first-order valence-corrected chi connectivity index (χ1v) is 13.8. The molecule has 2 N–H and O–H groups in total. The lowest BCUT2D eigenvalue weighted by atomic mass is 10.0. The molecule has 4 aromatic rings. The van der Waals surface area contributed by atoms with Crippen LogP contribution in [0.2, 0.25) is 5.02 Å². The molecule has 2 aromatic carbocycles. The minimum Gasteiger partial charge on any atom is -0.489 e. The van der Waals surface area contributed by atoms with E-state index in [-0.39, 0.29) is 24.2 Å². The zero-order valence-corrected chi connectivity index (χ0v) is 23.4. The second-order valence-corrected chi connectivity index (χ2v) is 11.0. The highest BCUT2D eigenvalue weighted by Gasteiger charge is 2.25. The Kier molecular flexibility index (Phi) is 8.21. The van der Waals surface area contributed by atoms with E-state index in [1.165, 1.54) is 0 Å². The van der Waals surface area contributed by atoms with E-state index in [0.717, 1.165) is 41.0 Å². The monoisotopic (exact) mass is 546 g/mol. The number of imidazole rings is 1. The van der Waals surface area contributed by atoms with E-state index in [2.05, 4.69) is 47.5 Å². The molecule has 1 fully saturated rings. The van der Waals surface area contributed by atoms with Crippen molar-refractivity contribution >= 4 is 23.2 Å². The number of β-amino-alcohol motifs (C(OH)–C–C–N with tert-alkyl or cyclic N) is 1. The molecule has 0 spiro atoms. The Bertz CT molecular complexity index is 1450. The van der Waals surface area contributed by atoms with Gasteiger partial charge in [0.1, 0.15) is 11.4 Å². The molecule has 7 nitrogen and oxygen atoms in total. The maximum Gasteiger partial charge on any atom is 0.251 e. The Balaban J connectivity index is 1.31. The first-order chi connectivity index (χ1) is 18.7. The number of benzene rings is 2. The predicted molar refractivity (Wildman–Crippen MR) is 155 cm³/mol. The van der Waals surface area contributed by atoms with Gasteiger partial charge >= 0.3 is 0 Å². The normalized spacial score (nSPS) is 16.6. The van der Waals surface area contributed by atoms with E-state index in [1.54, 1.807) is 18.2 Å². The van der Waals surface area contributed by atoms with E-state index in [4.69, 9.17) is 21.3 Å². The lowest BCUT2D eigenvalue weighted by Crippen LogP contribution is -2.44. The first kappa shape index (κ1) is 27.2. The Morgan fingerprint density at radius 3 is 2.67 bits per heavy atom. The van der Waals surface area contributed by atoms with Crippen LogP contribution in [0.4, 0.5) is 0 Å². The summed E-state index contributed by atoms with van der Waals surface area (Å²) in [6.45, 7) is 8.01. The molecule has 2 atom stereocenters. The Morgan fingerprint density at radius 1 is 1.21 bits per heavy atom. The number of hydrogen-bond donors (Lipinski definition) is 2. The van der Waals surface area contributed by atoms with Gasteiger partial charge in [0.2, 0.25) is 0 Å². The topological polar surface area (TPSA) is 79.1 Å². The highest BCUT2D eigenvalue weighted by molar-refractivity contribution is 6.32. The maximum absolute atomic E-state index is 13.2. The Morgan fingerprint density at radius 2 is 2.00 bits per heavy atom. The van der Waals surface area contributed by atoms with E-state index < -0.39 is 0 Å². The summed E-state index contributed by atoms with van der Waals surface area (Å²) >= 11 is 6.39. The molecule has 5 rings (SSSR count). The zero-order valence-electron chi connectivity index (χ0n) is 22.6. The largest absolute Gasteiger partial charge is 0.489 e. The summed E-state index contributed by atoms with van der Waals surface area (Å²) < 4.78 is 7.75. The summed E-state index contributed by atoms with van der Waals surface area (Å²) in [5.41, 5.74) is 5.66. The lowest BCUT2D eigenvalue weighted by Gasteiger charge is -2.25. The van der Waals surface area contributed by atoms with Crippen molar-refractivity contribution in [3.05, 3.63) is 88.7 Å². The number of hydrogen-bond acceptors (Lipinski definition) is 5. The van der Waals surface area contributed by atoms with Crippen LogP contribution in [0.5, 0.6) is 5.75 Å². The van der Waals surface area contributed by atoms with Crippen LogP contribution < -0.4 is 10.1 Å². The SMILES string of the molecule is Cc1cccn2cc(-c3ccc(C[C@@H](CN4CCC(O)C4)NC(=O)c4ccc(OC(C)C)c(Cl)c4)cc3)nc12. The molecule has 3 heterocycles. The third-order valence-corrected chi connectivity index (χ3v) is 7.32. The van der Waals surface area contributed by atoms with E-state index >= 15 is 0 Å². The van der Waals surface area contributed by atoms with Gasteiger partial charge in [0.05, 0.1) is 22.9 Å². The third kappa shape index (κ3) is 6.61. The highest BCUT2D eigenvalue weighted by atomic mass is 35.5. The van der Waals surface area contributed by atoms with Crippen molar-refractivity contribution in [3.8, 4) is 17.0 Å². The second kappa shape index (κ2) is 11.8. The molecule has 204 valence electrons. The van der Waals surface area contributed by atoms with Crippen molar-refractivity contribution in [2.45, 2.75) is 51.9 Å². The minimum absolute atomic E-state index is 0.00872. The second-order valence-electron chi connectivity index (χ2n) is 10.6. The van der Waals surface area contributed by atoms with Crippen molar-refractivity contribution in [2.24, 2.45) is 0 Å². The van der Waals surface area contributed by atoms with Gasteiger partial charge in [-0.3, -0.25) is 9.69 Å². The molecule has 0 bridgehead atoms. The average Bonchev–Trinajstić information content (AvgIpc) is 3.52. The third-order valence-electron chi connectivity index (χ3n) is 7.03. The summed E-state index contributed by atoms with van der Waals surface area (Å²) in [4.78, 5) is 20.2. The number of halogens is 1.